The number of carbonyl (C=O) groups is 1. The van der Waals surface area contributed by atoms with E-state index in [1.807, 2.05) is 0 Å². The van der Waals surface area contributed by atoms with E-state index in [0.717, 1.165) is 12.4 Å². The Balaban J connectivity index is 2.50. The van der Waals surface area contributed by atoms with Gasteiger partial charge in [-0.1, -0.05) is 41.5 Å². The van der Waals surface area contributed by atoms with Crippen molar-refractivity contribution in [3.05, 3.63) is 11.3 Å². The van der Waals surface area contributed by atoms with Crippen molar-refractivity contribution in [3.8, 4) is 0 Å². The molecule has 0 bridgehead atoms. The number of hydrogen-bond donors (Lipinski definition) is 0. The van der Waals surface area contributed by atoms with Crippen molar-refractivity contribution >= 4 is 11.9 Å². The Bertz CT molecular complexity index is 550. The van der Waals surface area contributed by atoms with E-state index < -0.39 is 0 Å². The molecule has 0 aromatic heterocycles. The lowest BCUT2D eigenvalue weighted by Gasteiger charge is -2.48. The Hall–Kier alpha value is -1.52. The molecule has 0 N–H and O–H groups in total. The molecule has 0 radical (unpaired) electrons. The number of fused-ring (bicyclic) bond motifs is 1. The minimum Gasteiger partial charge on any atom is -0.453 e. The average molecular weight is 321 g/mol. The van der Waals surface area contributed by atoms with Gasteiger partial charge in [-0.15, -0.1) is 0 Å². The van der Waals surface area contributed by atoms with Crippen molar-refractivity contribution in [2.45, 2.75) is 54.5 Å². The van der Waals surface area contributed by atoms with Gasteiger partial charge in [0, 0.05) is 24.2 Å². The molecule has 1 atom stereocenters. The van der Waals surface area contributed by atoms with E-state index in [-0.39, 0.29) is 23.0 Å². The summed E-state index contributed by atoms with van der Waals surface area (Å²) in [6, 6.07) is 0.132. The fourth-order valence-electron chi connectivity index (χ4n) is 3.67. The highest BCUT2D eigenvalue weighted by Crippen LogP contribution is 2.40. The largest absolute Gasteiger partial charge is 0.453 e. The molecule has 0 spiro atoms. The van der Waals surface area contributed by atoms with Gasteiger partial charge in [-0.3, -0.25) is 4.99 Å². The smallest absolute Gasteiger partial charge is 0.409 e. The number of nitrogens with zero attached hydrogens (tertiary/aromatic N) is 3. The number of aliphatic imine (C=N–C) groups is 1. The highest BCUT2D eigenvalue weighted by molar-refractivity contribution is 5.90. The second kappa shape index (κ2) is 5.84. The molecular weight excluding hydrogens is 290 g/mol. The Morgan fingerprint density at radius 1 is 1.13 bits per heavy atom. The maximum atomic E-state index is 12.0. The molecule has 5 nitrogen and oxygen atoms in total. The van der Waals surface area contributed by atoms with E-state index in [4.69, 9.17) is 9.73 Å². The van der Waals surface area contributed by atoms with Gasteiger partial charge in [0.05, 0.1) is 19.7 Å². The molecule has 130 valence electrons. The fourth-order valence-corrected chi connectivity index (χ4v) is 3.67. The molecule has 2 aliphatic heterocycles. The SMILES string of the molecule is COC(=O)N1CCN2C(C(C)(C)C)=N[C@@H](C)C(C(C)(C)C)=C2C1. The number of ether oxygens (including phenoxy) is 1. The van der Waals surface area contributed by atoms with Crippen molar-refractivity contribution in [1.82, 2.24) is 9.80 Å². The maximum Gasteiger partial charge on any atom is 0.409 e. The molecule has 2 aliphatic rings. The predicted molar refractivity (Wildman–Crippen MR) is 93.5 cm³/mol. The summed E-state index contributed by atoms with van der Waals surface area (Å²) >= 11 is 0. The quantitative estimate of drug-likeness (QED) is 0.686. The van der Waals surface area contributed by atoms with Crippen LogP contribution in [0.15, 0.2) is 16.3 Å². The number of amides is 1. The highest BCUT2D eigenvalue weighted by Gasteiger charge is 2.40. The van der Waals surface area contributed by atoms with Gasteiger partial charge in [0.15, 0.2) is 0 Å². The van der Waals surface area contributed by atoms with Crippen molar-refractivity contribution in [2.24, 2.45) is 15.8 Å². The summed E-state index contributed by atoms with van der Waals surface area (Å²) in [5.74, 6) is 1.12. The first-order chi connectivity index (χ1) is 10.5. The van der Waals surface area contributed by atoms with Gasteiger partial charge in [0.1, 0.15) is 5.84 Å². The van der Waals surface area contributed by atoms with Crippen LogP contribution < -0.4 is 0 Å². The second-order valence-corrected chi connectivity index (χ2v) is 8.53. The zero-order valence-electron chi connectivity index (χ0n) is 15.9. The van der Waals surface area contributed by atoms with E-state index in [1.165, 1.54) is 18.4 Å². The zero-order chi connectivity index (χ0) is 17.6. The summed E-state index contributed by atoms with van der Waals surface area (Å²) in [4.78, 5) is 21.1. The zero-order valence-corrected chi connectivity index (χ0v) is 15.9. The topological polar surface area (TPSA) is 45.1 Å². The number of methoxy groups -OCH3 is 1. The van der Waals surface area contributed by atoms with E-state index >= 15 is 0 Å². The Kier molecular flexibility index (Phi) is 4.53. The van der Waals surface area contributed by atoms with Crippen LogP contribution >= 0.6 is 0 Å². The number of piperazine rings is 1. The first-order valence-corrected chi connectivity index (χ1v) is 8.39. The summed E-state index contributed by atoms with van der Waals surface area (Å²) < 4.78 is 4.93. The first kappa shape index (κ1) is 17.8. The molecule has 1 saturated heterocycles. The summed E-state index contributed by atoms with van der Waals surface area (Å²) in [6.07, 6.45) is -0.252. The molecule has 2 rings (SSSR count). The predicted octanol–water partition coefficient (Wildman–Crippen LogP) is 3.52. The molecule has 23 heavy (non-hydrogen) atoms. The molecular formula is C18H31N3O2. The molecule has 1 amide bonds. The van der Waals surface area contributed by atoms with Crippen LogP contribution in [0, 0.1) is 10.8 Å². The summed E-state index contributed by atoms with van der Waals surface area (Å²) in [5.41, 5.74) is 2.54. The van der Waals surface area contributed by atoms with Crippen molar-refractivity contribution < 1.29 is 9.53 Å². The van der Waals surface area contributed by atoms with Crippen molar-refractivity contribution in [3.63, 3.8) is 0 Å². The van der Waals surface area contributed by atoms with Gasteiger partial charge < -0.3 is 14.5 Å². The second-order valence-electron chi connectivity index (χ2n) is 8.53. The van der Waals surface area contributed by atoms with E-state index in [9.17, 15) is 4.79 Å². The minimum atomic E-state index is -0.252. The summed E-state index contributed by atoms with van der Waals surface area (Å²) in [7, 11) is 1.44. The third-order valence-electron chi connectivity index (χ3n) is 4.47. The van der Waals surface area contributed by atoms with Crippen LogP contribution in [0.3, 0.4) is 0 Å². The van der Waals surface area contributed by atoms with Crippen LogP contribution in [-0.2, 0) is 4.74 Å². The van der Waals surface area contributed by atoms with E-state index in [0.29, 0.717) is 13.1 Å². The molecule has 2 heterocycles. The molecule has 1 fully saturated rings. The molecule has 0 unspecified atom stereocenters. The monoisotopic (exact) mass is 321 g/mol. The summed E-state index contributed by atoms with van der Waals surface area (Å²) in [6.45, 7) is 17.5. The third kappa shape index (κ3) is 3.38. The average Bonchev–Trinajstić information content (AvgIpc) is 2.42. The lowest BCUT2D eigenvalue weighted by Crippen LogP contribution is -2.55. The number of carbonyl (C=O) groups excluding carboxylic acids is 1. The van der Waals surface area contributed by atoms with Crippen LogP contribution in [0.1, 0.15) is 48.5 Å². The molecule has 5 heteroatoms. The van der Waals surface area contributed by atoms with Crippen LogP contribution in [0.5, 0.6) is 0 Å². The molecule has 0 saturated carbocycles. The van der Waals surface area contributed by atoms with Gasteiger partial charge >= 0.3 is 6.09 Å². The van der Waals surface area contributed by atoms with Gasteiger partial charge in [0.2, 0.25) is 0 Å². The van der Waals surface area contributed by atoms with Gasteiger partial charge in [0.25, 0.3) is 0 Å². The normalized spacial score (nSPS) is 22.8. The standard InChI is InChI=1S/C18H31N3O2/c1-12-14(17(2,3)4)13-11-20(16(22)23-8)9-10-21(13)15(19-12)18(5,6)7/h12H,9-11H2,1-8H3/t12-/m0/s1. The van der Waals surface area contributed by atoms with Crippen molar-refractivity contribution in [1.29, 1.82) is 0 Å². The van der Waals surface area contributed by atoms with Gasteiger partial charge in [-0.05, 0) is 17.9 Å². The number of rotatable bonds is 0. The van der Waals surface area contributed by atoms with Crippen molar-refractivity contribution in [2.75, 3.05) is 26.7 Å². The van der Waals surface area contributed by atoms with Gasteiger partial charge in [-0.2, -0.15) is 0 Å². The molecule has 0 aromatic carbocycles. The Morgan fingerprint density at radius 3 is 2.22 bits per heavy atom. The van der Waals surface area contributed by atoms with Crippen LogP contribution in [0.2, 0.25) is 0 Å². The van der Waals surface area contributed by atoms with E-state index in [2.05, 4.69) is 53.4 Å². The van der Waals surface area contributed by atoms with Crippen LogP contribution in [0.4, 0.5) is 4.79 Å². The Morgan fingerprint density at radius 2 is 1.74 bits per heavy atom. The molecule has 0 aliphatic carbocycles. The fraction of sp³-hybridized carbons (Fsp3) is 0.778. The Labute approximate surface area is 140 Å². The lowest BCUT2D eigenvalue weighted by atomic mass is 9.78. The number of amidine groups is 1. The lowest BCUT2D eigenvalue weighted by molar-refractivity contribution is 0.112. The summed E-state index contributed by atoms with van der Waals surface area (Å²) in [5, 5.41) is 0. The third-order valence-corrected chi connectivity index (χ3v) is 4.47. The van der Waals surface area contributed by atoms with Crippen LogP contribution in [0.25, 0.3) is 0 Å². The van der Waals surface area contributed by atoms with E-state index in [1.54, 1.807) is 4.90 Å². The maximum absolute atomic E-state index is 12.0. The van der Waals surface area contributed by atoms with Crippen LogP contribution in [-0.4, -0.2) is 54.5 Å². The van der Waals surface area contributed by atoms with Gasteiger partial charge in [-0.25, -0.2) is 4.79 Å². The first-order valence-electron chi connectivity index (χ1n) is 8.39. The molecule has 0 aromatic rings. The highest BCUT2D eigenvalue weighted by atomic mass is 16.5. The minimum absolute atomic E-state index is 0.0129. The number of hydrogen-bond acceptors (Lipinski definition) is 4.